The van der Waals surface area contributed by atoms with E-state index < -0.39 is 6.61 Å². The fraction of sp³-hybridized carbons (Fsp3) is 0.368. The summed E-state index contributed by atoms with van der Waals surface area (Å²) >= 11 is 0. The predicted octanol–water partition coefficient (Wildman–Crippen LogP) is 2.44. The molecule has 0 bridgehead atoms. The van der Waals surface area contributed by atoms with Crippen LogP contribution in [0.4, 0.5) is 14.5 Å². The first-order valence-corrected chi connectivity index (χ1v) is 8.78. The lowest BCUT2D eigenvalue weighted by molar-refractivity contribution is -0.117. The van der Waals surface area contributed by atoms with Crippen molar-refractivity contribution in [3.05, 3.63) is 54.4 Å². The number of alkyl halides is 2. The molecule has 1 saturated heterocycles. The monoisotopic (exact) mass is 376 g/mol. The largest absolute Gasteiger partial charge is 0.433 e. The van der Waals surface area contributed by atoms with E-state index >= 15 is 0 Å². The highest BCUT2D eigenvalue weighted by molar-refractivity contribution is 5.93. The lowest BCUT2D eigenvalue weighted by Crippen LogP contribution is -2.48. The molecule has 1 amide bonds. The normalized spacial score (nSPS) is 15.7. The molecule has 0 aliphatic carbocycles. The van der Waals surface area contributed by atoms with Crippen LogP contribution in [-0.4, -0.2) is 60.0 Å². The maximum Gasteiger partial charge on any atom is 0.387 e. The van der Waals surface area contributed by atoms with Crippen molar-refractivity contribution in [1.82, 2.24) is 14.8 Å². The number of aromatic nitrogens is 1. The number of nitrogens with one attached hydrogen (secondary N) is 1. The van der Waals surface area contributed by atoms with E-state index in [1.165, 1.54) is 6.07 Å². The summed E-state index contributed by atoms with van der Waals surface area (Å²) in [6.45, 7) is 1.27. The van der Waals surface area contributed by atoms with Crippen molar-refractivity contribution in [2.24, 2.45) is 0 Å². The molecule has 1 fully saturated rings. The van der Waals surface area contributed by atoms with Gasteiger partial charge in [0.1, 0.15) is 5.75 Å². The van der Waals surface area contributed by atoms with Gasteiger partial charge < -0.3 is 10.1 Å². The highest BCUT2D eigenvalue weighted by Gasteiger charge is 2.20. The number of benzene rings is 1. The molecule has 0 saturated carbocycles. The van der Waals surface area contributed by atoms with Crippen molar-refractivity contribution in [3.63, 3.8) is 0 Å². The fourth-order valence-corrected chi connectivity index (χ4v) is 2.99. The minimum atomic E-state index is -2.93. The molecule has 1 aromatic carbocycles. The van der Waals surface area contributed by atoms with Crippen LogP contribution >= 0.6 is 0 Å². The van der Waals surface area contributed by atoms with E-state index in [9.17, 15) is 13.6 Å². The summed E-state index contributed by atoms with van der Waals surface area (Å²) in [5.41, 5.74) is 1.27. The Bertz CT molecular complexity index is 737. The quantitative estimate of drug-likeness (QED) is 0.804. The van der Waals surface area contributed by atoms with E-state index in [0.717, 1.165) is 38.4 Å². The van der Waals surface area contributed by atoms with Gasteiger partial charge in [-0.25, -0.2) is 0 Å². The van der Waals surface area contributed by atoms with E-state index in [2.05, 4.69) is 19.9 Å². The number of pyridine rings is 1. The topological polar surface area (TPSA) is 57.7 Å². The number of carbonyl (C=O) groups is 1. The molecule has 0 spiro atoms. The Morgan fingerprint density at radius 2 is 1.78 bits per heavy atom. The maximum absolute atomic E-state index is 12.5. The minimum absolute atomic E-state index is 0.0407. The summed E-state index contributed by atoms with van der Waals surface area (Å²) in [6, 6.07) is 12.0. The summed E-state index contributed by atoms with van der Waals surface area (Å²) in [5, 5.41) is 2.65. The van der Waals surface area contributed by atoms with Crippen molar-refractivity contribution in [2.75, 3.05) is 38.0 Å². The van der Waals surface area contributed by atoms with E-state index in [1.54, 1.807) is 24.4 Å². The van der Waals surface area contributed by atoms with Crippen LogP contribution in [0.25, 0.3) is 0 Å². The van der Waals surface area contributed by atoms with E-state index in [4.69, 9.17) is 0 Å². The lowest BCUT2D eigenvalue weighted by Gasteiger charge is -2.34. The zero-order valence-electron chi connectivity index (χ0n) is 14.9. The van der Waals surface area contributed by atoms with E-state index in [1.807, 2.05) is 23.1 Å². The number of para-hydroxylation sites is 2. The van der Waals surface area contributed by atoms with Crippen LogP contribution in [0.2, 0.25) is 0 Å². The van der Waals surface area contributed by atoms with E-state index in [0.29, 0.717) is 0 Å². The van der Waals surface area contributed by atoms with Crippen LogP contribution in [0.3, 0.4) is 0 Å². The number of halogens is 2. The second-order valence-electron chi connectivity index (χ2n) is 6.30. The first-order chi connectivity index (χ1) is 13.1. The molecule has 0 unspecified atom stereocenters. The van der Waals surface area contributed by atoms with Gasteiger partial charge >= 0.3 is 6.61 Å². The third-order valence-corrected chi connectivity index (χ3v) is 4.32. The molecule has 1 aliphatic heterocycles. The Kier molecular flexibility index (Phi) is 6.67. The third-order valence-electron chi connectivity index (χ3n) is 4.32. The molecule has 6 nitrogen and oxygen atoms in total. The van der Waals surface area contributed by atoms with Gasteiger partial charge in [-0.05, 0) is 24.3 Å². The molecular formula is C19H22F2N4O2. The van der Waals surface area contributed by atoms with E-state index in [-0.39, 0.29) is 23.9 Å². The molecule has 0 radical (unpaired) electrons. The highest BCUT2D eigenvalue weighted by atomic mass is 19.3. The van der Waals surface area contributed by atoms with Crippen LogP contribution in [0.5, 0.6) is 5.75 Å². The van der Waals surface area contributed by atoms with Gasteiger partial charge in [0.05, 0.1) is 17.9 Å². The molecule has 27 heavy (non-hydrogen) atoms. The molecule has 8 heteroatoms. The van der Waals surface area contributed by atoms with Gasteiger partial charge in [-0.3, -0.25) is 19.6 Å². The number of hydrogen-bond acceptors (Lipinski definition) is 5. The Balaban J connectivity index is 1.46. The van der Waals surface area contributed by atoms with Crippen LogP contribution < -0.4 is 10.1 Å². The average Bonchev–Trinajstić information content (AvgIpc) is 2.65. The minimum Gasteiger partial charge on any atom is -0.433 e. The van der Waals surface area contributed by atoms with Gasteiger partial charge in [-0.1, -0.05) is 18.2 Å². The molecule has 1 N–H and O–H groups in total. The fourth-order valence-electron chi connectivity index (χ4n) is 2.99. The van der Waals surface area contributed by atoms with Crippen LogP contribution in [0.1, 0.15) is 5.69 Å². The summed E-state index contributed by atoms with van der Waals surface area (Å²) in [5.74, 6) is -0.292. The molecule has 2 aromatic rings. The Labute approximate surface area is 156 Å². The van der Waals surface area contributed by atoms with Gasteiger partial charge in [-0.15, -0.1) is 0 Å². The first kappa shape index (κ1) is 19.2. The number of amides is 1. The Morgan fingerprint density at radius 3 is 2.48 bits per heavy atom. The second-order valence-corrected chi connectivity index (χ2v) is 6.30. The highest BCUT2D eigenvalue weighted by Crippen LogP contribution is 2.25. The summed E-state index contributed by atoms with van der Waals surface area (Å²) < 4.78 is 29.3. The molecule has 2 heterocycles. The zero-order valence-corrected chi connectivity index (χ0v) is 14.9. The molecule has 0 atom stereocenters. The lowest BCUT2D eigenvalue weighted by atomic mass is 10.2. The number of carbonyl (C=O) groups excluding carboxylic acids is 1. The number of ether oxygens (including phenoxy) is 1. The van der Waals surface area contributed by atoms with Gasteiger partial charge in [0.25, 0.3) is 0 Å². The maximum atomic E-state index is 12.5. The molecule has 3 rings (SSSR count). The third kappa shape index (κ3) is 5.97. The predicted molar refractivity (Wildman–Crippen MR) is 97.7 cm³/mol. The summed E-state index contributed by atoms with van der Waals surface area (Å²) in [6.07, 6.45) is 1.78. The summed E-state index contributed by atoms with van der Waals surface area (Å²) in [7, 11) is 0. The van der Waals surface area contributed by atoms with Crippen molar-refractivity contribution in [1.29, 1.82) is 0 Å². The number of nitrogens with zero attached hydrogens (tertiary/aromatic N) is 3. The number of rotatable bonds is 7. The van der Waals surface area contributed by atoms with Gasteiger partial charge in [0, 0.05) is 38.9 Å². The van der Waals surface area contributed by atoms with Crippen molar-refractivity contribution in [3.8, 4) is 5.75 Å². The van der Waals surface area contributed by atoms with Gasteiger partial charge in [0.15, 0.2) is 0 Å². The first-order valence-electron chi connectivity index (χ1n) is 8.78. The number of anilines is 1. The SMILES string of the molecule is O=C(CN1CCN(Cc2ccccn2)CC1)Nc1ccccc1OC(F)F. The molecule has 1 aromatic heterocycles. The van der Waals surface area contributed by atoms with Crippen LogP contribution in [0.15, 0.2) is 48.7 Å². The molecule has 1 aliphatic rings. The van der Waals surface area contributed by atoms with Crippen molar-refractivity contribution in [2.45, 2.75) is 13.2 Å². The van der Waals surface area contributed by atoms with Crippen molar-refractivity contribution >= 4 is 11.6 Å². The number of hydrogen-bond donors (Lipinski definition) is 1. The van der Waals surface area contributed by atoms with Crippen molar-refractivity contribution < 1.29 is 18.3 Å². The Morgan fingerprint density at radius 1 is 1.07 bits per heavy atom. The van der Waals surface area contributed by atoms with Crippen LogP contribution in [-0.2, 0) is 11.3 Å². The molecule has 144 valence electrons. The van der Waals surface area contributed by atoms with Gasteiger partial charge in [-0.2, -0.15) is 8.78 Å². The summed E-state index contributed by atoms with van der Waals surface area (Å²) in [4.78, 5) is 20.9. The zero-order chi connectivity index (χ0) is 19.1. The average molecular weight is 376 g/mol. The van der Waals surface area contributed by atoms with Gasteiger partial charge in [0.2, 0.25) is 5.91 Å². The molecular weight excluding hydrogens is 354 g/mol. The standard InChI is InChI=1S/C19H22F2N4O2/c20-19(21)27-17-7-2-1-6-16(17)23-18(26)14-25-11-9-24(10-12-25)13-15-5-3-4-8-22-15/h1-8,19H,9-14H2,(H,23,26). The van der Waals surface area contributed by atoms with Crippen LogP contribution in [0, 0.1) is 0 Å². The second kappa shape index (κ2) is 9.38. The smallest absolute Gasteiger partial charge is 0.387 e. The Hall–Kier alpha value is -2.58. The number of piperazine rings is 1.